The lowest BCUT2D eigenvalue weighted by Gasteiger charge is -2.18. The summed E-state index contributed by atoms with van der Waals surface area (Å²) in [6.07, 6.45) is 14.7. The fraction of sp³-hybridized carbons (Fsp3) is 0.500. The van der Waals surface area contributed by atoms with Crippen LogP contribution in [0.2, 0.25) is 0 Å². The van der Waals surface area contributed by atoms with Gasteiger partial charge < -0.3 is 0 Å². The van der Waals surface area contributed by atoms with E-state index in [4.69, 9.17) is 9.98 Å². The van der Waals surface area contributed by atoms with Gasteiger partial charge in [-0.15, -0.1) is 0 Å². The number of hydrogen-bond donors (Lipinski definition) is 0. The lowest BCUT2D eigenvalue weighted by atomic mass is 9.93. The van der Waals surface area contributed by atoms with Crippen LogP contribution >= 0.6 is 0 Å². The summed E-state index contributed by atoms with van der Waals surface area (Å²) in [7, 11) is 0. The van der Waals surface area contributed by atoms with Gasteiger partial charge in [-0.05, 0) is 37.3 Å². The molecule has 114 valence electrons. The van der Waals surface area contributed by atoms with Gasteiger partial charge in [-0.3, -0.25) is 9.98 Å². The molecule has 0 N–H and O–H groups in total. The molecule has 3 aliphatic carbocycles. The summed E-state index contributed by atoms with van der Waals surface area (Å²) in [6.45, 7) is 0. The highest BCUT2D eigenvalue weighted by molar-refractivity contribution is 6.54. The maximum absolute atomic E-state index is 5.13. The van der Waals surface area contributed by atoms with Crippen LogP contribution in [0.1, 0.15) is 62.5 Å². The molecule has 0 heterocycles. The highest BCUT2D eigenvalue weighted by Crippen LogP contribution is 2.27. The zero-order chi connectivity index (χ0) is 14.8. The summed E-state index contributed by atoms with van der Waals surface area (Å²) in [5, 5.41) is 0. The second-order valence-electron chi connectivity index (χ2n) is 6.79. The Kier molecular flexibility index (Phi) is 3.92. The predicted octanol–water partition coefficient (Wildman–Crippen LogP) is 4.83. The van der Waals surface area contributed by atoms with Gasteiger partial charge in [0.15, 0.2) is 0 Å². The van der Waals surface area contributed by atoms with Gasteiger partial charge in [-0.2, -0.15) is 0 Å². The van der Waals surface area contributed by atoms with Crippen LogP contribution in [0.4, 0.5) is 0 Å². The third kappa shape index (κ3) is 2.79. The van der Waals surface area contributed by atoms with Crippen molar-refractivity contribution in [3.05, 3.63) is 41.5 Å². The molecule has 0 atom stereocenters. The molecule has 0 spiro atoms. The summed E-state index contributed by atoms with van der Waals surface area (Å²) >= 11 is 0. The Bertz CT molecular complexity index is 627. The van der Waals surface area contributed by atoms with Crippen molar-refractivity contribution in [1.29, 1.82) is 0 Å². The minimum Gasteiger partial charge on any atom is -0.280 e. The molecule has 0 bridgehead atoms. The number of rotatable bonds is 2. The van der Waals surface area contributed by atoms with Crippen LogP contribution in [0.25, 0.3) is 6.08 Å². The molecule has 4 rings (SSSR count). The molecule has 1 aromatic carbocycles. The Morgan fingerprint density at radius 1 is 0.727 bits per heavy atom. The van der Waals surface area contributed by atoms with E-state index in [1.807, 2.05) is 0 Å². The highest BCUT2D eigenvalue weighted by Gasteiger charge is 2.23. The average molecular weight is 292 g/mol. The second-order valence-corrected chi connectivity index (χ2v) is 6.79. The van der Waals surface area contributed by atoms with Crippen LogP contribution in [0.15, 0.2) is 40.3 Å². The van der Waals surface area contributed by atoms with Crippen molar-refractivity contribution in [1.82, 2.24) is 0 Å². The molecule has 2 fully saturated rings. The summed E-state index contributed by atoms with van der Waals surface area (Å²) in [6, 6.07) is 9.63. The normalized spacial score (nSPS) is 26.2. The molecule has 1 aromatic rings. The monoisotopic (exact) mass is 292 g/mol. The minimum atomic E-state index is 0.503. The summed E-state index contributed by atoms with van der Waals surface area (Å²) in [4.78, 5) is 10.2. The fourth-order valence-electron chi connectivity index (χ4n) is 3.93. The van der Waals surface area contributed by atoms with E-state index in [1.165, 1.54) is 62.5 Å². The van der Waals surface area contributed by atoms with Crippen LogP contribution in [-0.4, -0.2) is 23.5 Å². The Balaban J connectivity index is 1.73. The number of aliphatic imine (C=N–C) groups is 2. The zero-order valence-corrected chi connectivity index (χ0v) is 13.2. The van der Waals surface area contributed by atoms with Gasteiger partial charge in [0.2, 0.25) is 0 Å². The van der Waals surface area contributed by atoms with Gasteiger partial charge in [0.05, 0.1) is 23.5 Å². The van der Waals surface area contributed by atoms with Crippen molar-refractivity contribution < 1.29 is 0 Å². The van der Waals surface area contributed by atoms with Crippen molar-refractivity contribution in [3.63, 3.8) is 0 Å². The summed E-state index contributed by atoms with van der Waals surface area (Å²) < 4.78 is 0. The smallest absolute Gasteiger partial charge is 0.0908 e. The third-order valence-electron chi connectivity index (χ3n) is 5.16. The van der Waals surface area contributed by atoms with E-state index < -0.39 is 0 Å². The quantitative estimate of drug-likeness (QED) is 0.746. The fourth-order valence-corrected chi connectivity index (χ4v) is 3.93. The van der Waals surface area contributed by atoms with E-state index in [0.717, 1.165) is 11.4 Å². The van der Waals surface area contributed by atoms with Gasteiger partial charge >= 0.3 is 0 Å². The summed E-state index contributed by atoms with van der Waals surface area (Å²) in [5.41, 5.74) is 4.83. The van der Waals surface area contributed by atoms with E-state index in [0.29, 0.717) is 12.1 Å². The molecular weight excluding hydrogens is 268 g/mol. The van der Waals surface area contributed by atoms with Gasteiger partial charge in [0.1, 0.15) is 0 Å². The molecule has 3 aliphatic rings. The Hall–Kier alpha value is -1.70. The largest absolute Gasteiger partial charge is 0.280 e. The number of benzene rings is 1. The Morgan fingerprint density at radius 2 is 1.36 bits per heavy atom. The van der Waals surface area contributed by atoms with Crippen molar-refractivity contribution in [2.75, 3.05) is 0 Å². The standard InChI is InChI=1S/C20H24N2/c1-6-12-18-15(7-1)13-14-19(21-16-8-2-3-9-16)20(18)22-17-10-4-5-11-17/h1,6-7,12-14,16-17H,2-5,8-11H2. The zero-order valence-electron chi connectivity index (χ0n) is 13.2. The second kappa shape index (κ2) is 6.20. The molecule has 0 amide bonds. The van der Waals surface area contributed by atoms with Crippen LogP contribution in [0.3, 0.4) is 0 Å². The van der Waals surface area contributed by atoms with Crippen LogP contribution in [0.5, 0.6) is 0 Å². The average Bonchev–Trinajstić information content (AvgIpc) is 3.23. The van der Waals surface area contributed by atoms with Gasteiger partial charge in [0, 0.05) is 5.56 Å². The van der Waals surface area contributed by atoms with Crippen molar-refractivity contribution in [2.24, 2.45) is 9.98 Å². The highest BCUT2D eigenvalue weighted by atomic mass is 14.9. The first kappa shape index (κ1) is 13.9. The number of allylic oxidation sites excluding steroid dienone is 1. The Morgan fingerprint density at radius 3 is 2.09 bits per heavy atom. The molecule has 22 heavy (non-hydrogen) atoms. The van der Waals surface area contributed by atoms with E-state index in [2.05, 4.69) is 36.4 Å². The predicted molar refractivity (Wildman–Crippen MR) is 94.0 cm³/mol. The molecule has 0 aliphatic heterocycles. The number of nitrogens with zero attached hydrogens (tertiary/aromatic N) is 2. The molecule has 0 radical (unpaired) electrons. The third-order valence-corrected chi connectivity index (χ3v) is 5.16. The van der Waals surface area contributed by atoms with Gasteiger partial charge in [-0.1, -0.05) is 56.0 Å². The Labute approximate surface area is 133 Å². The first-order chi connectivity index (χ1) is 10.9. The van der Waals surface area contributed by atoms with E-state index in [1.54, 1.807) is 0 Å². The van der Waals surface area contributed by atoms with E-state index in [-0.39, 0.29) is 0 Å². The molecule has 0 aromatic heterocycles. The van der Waals surface area contributed by atoms with E-state index in [9.17, 15) is 0 Å². The maximum atomic E-state index is 5.13. The number of fused-ring (bicyclic) bond motifs is 1. The van der Waals surface area contributed by atoms with Crippen molar-refractivity contribution in [2.45, 2.75) is 63.5 Å². The summed E-state index contributed by atoms with van der Waals surface area (Å²) in [5.74, 6) is 0. The van der Waals surface area contributed by atoms with Crippen LogP contribution in [0, 0.1) is 0 Å². The number of hydrogen-bond acceptors (Lipinski definition) is 2. The molecule has 0 unspecified atom stereocenters. The van der Waals surface area contributed by atoms with Gasteiger partial charge in [0.25, 0.3) is 0 Å². The molecule has 2 heteroatoms. The SMILES string of the molecule is C1=Cc2ccccc2C(=NC2CCCC2)C1=NC1CCCC1. The van der Waals surface area contributed by atoms with Gasteiger partial charge in [-0.25, -0.2) is 0 Å². The topological polar surface area (TPSA) is 24.7 Å². The lowest BCUT2D eigenvalue weighted by molar-refractivity contribution is 0.703. The van der Waals surface area contributed by atoms with Crippen LogP contribution in [-0.2, 0) is 0 Å². The van der Waals surface area contributed by atoms with E-state index >= 15 is 0 Å². The van der Waals surface area contributed by atoms with Crippen molar-refractivity contribution in [3.8, 4) is 0 Å². The molecular formula is C20H24N2. The lowest BCUT2D eigenvalue weighted by Crippen LogP contribution is -2.22. The van der Waals surface area contributed by atoms with Crippen LogP contribution < -0.4 is 0 Å². The van der Waals surface area contributed by atoms with Crippen molar-refractivity contribution >= 4 is 17.5 Å². The molecule has 2 saturated carbocycles. The first-order valence-electron chi connectivity index (χ1n) is 8.83. The minimum absolute atomic E-state index is 0.503. The molecule has 2 nitrogen and oxygen atoms in total. The molecule has 0 saturated heterocycles. The first-order valence-corrected chi connectivity index (χ1v) is 8.83. The maximum Gasteiger partial charge on any atom is 0.0908 e.